The van der Waals surface area contributed by atoms with Crippen LogP contribution >= 0.6 is 0 Å². The minimum atomic E-state index is -4.35. The van der Waals surface area contributed by atoms with Gasteiger partial charge in [0.1, 0.15) is 0 Å². The van der Waals surface area contributed by atoms with Crippen LogP contribution in [0, 0.1) is 5.92 Å². The number of carbonyl (C=O) groups excluding carboxylic acids is 1. The third-order valence-electron chi connectivity index (χ3n) is 3.88. The van der Waals surface area contributed by atoms with Crippen LogP contribution in [0.5, 0.6) is 0 Å². The molecule has 3 nitrogen and oxygen atoms in total. The summed E-state index contributed by atoms with van der Waals surface area (Å²) in [5.74, 6) is 0.0715. The Hall–Kier alpha value is -1.56. The average Bonchev–Trinajstić information content (AvgIpc) is 2.43. The van der Waals surface area contributed by atoms with Crippen molar-refractivity contribution < 1.29 is 18.0 Å². The van der Waals surface area contributed by atoms with Gasteiger partial charge in [0.25, 0.3) is 0 Å². The van der Waals surface area contributed by atoms with Crippen LogP contribution in [0.3, 0.4) is 0 Å². The first-order valence-corrected chi connectivity index (χ1v) is 7.00. The van der Waals surface area contributed by atoms with Crippen LogP contribution < -0.4 is 5.73 Å². The molecule has 1 aromatic rings. The molecular formula is C15H19F3N2O. The number of rotatable bonds is 3. The predicted octanol–water partition coefficient (Wildman–Crippen LogP) is 2.96. The van der Waals surface area contributed by atoms with E-state index in [-0.39, 0.29) is 11.8 Å². The monoisotopic (exact) mass is 300 g/mol. The predicted molar refractivity (Wildman–Crippen MR) is 73.4 cm³/mol. The van der Waals surface area contributed by atoms with Gasteiger partial charge < -0.3 is 10.6 Å². The molecule has 1 aliphatic rings. The number of piperidine rings is 1. The molecule has 116 valence electrons. The van der Waals surface area contributed by atoms with Crippen LogP contribution in [0.25, 0.3) is 0 Å². The summed E-state index contributed by atoms with van der Waals surface area (Å²) < 4.78 is 37.5. The normalized spacial score (nSPS) is 21.5. The number of hydrogen-bond acceptors (Lipinski definition) is 2. The maximum atomic E-state index is 12.5. The van der Waals surface area contributed by atoms with Crippen molar-refractivity contribution in [2.24, 2.45) is 11.7 Å². The molecule has 1 heterocycles. The lowest BCUT2D eigenvalue weighted by Gasteiger charge is -2.32. The lowest BCUT2D eigenvalue weighted by atomic mass is 9.97. The van der Waals surface area contributed by atoms with Crippen LogP contribution in [0.2, 0.25) is 0 Å². The summed E-state index contributed by atoms with van der Waals surface area (Å²) in [5.41, 5.74) is 5.93. The number of nitrogens with two attached hydrogens (primary N) is 1. The largest absolute Gasteiger partial charge is 0.416 e. The highest BCUT2D eigenvalue weighted by molar-refractivity contribution is 5.79. The van der Waals surface area contributed by atoms with Gasteiger partial charge in [-0.05, 0) is 30.5 Å². The van der Waals surface area contributed by atoms with E-state index in [1.165, 1.54) is 12.1 Å². The van der Waals surface area contributed by atoms with Gasteiger partial charge in [-0.1, -0.05) is 19.1 Å². The number of hydrogen-bond donors (Lipinski definition) is 1. The summed E-state index contributed by atoms with van der Waals surface area (Å²) in [7, 11) is 0. The van der Waals surface area contributed by atoms with Gasteiger partial charge in [0, 0.05) is 25.0 Å². The fourth-order valence-electron chi connectivity index (χ4n) is 2.58. The number of halogens is 3. The summed E-state index contributed by atoms with van der Waals surface area (Å²) in [5, 5.41) is 0. The Morgan fingerprint density at radius 2 is 1.95 bits per heavy atom. The number of benzene rings is 1. The summed E-state index contributed by atoms with van der Waals surface area (Å²) in [4.78, 5) is 13.7. The Kier molecular flexibility index (Phi) is 4.56. The van der Waals surface area contributed by atoms with Crippen molar-refractivity contribution >= 4 is 5.91 Å². The lowest BCUT2D eigenvalue weighted by molar-refractivity contribution is -0.138. The number of amides is 1. The number of carbonyl (C=O) groups is 1. The topological polar surface area (TPSA) is 46.3 Å². The van der Waals surface area contributed by atoms with E-state index in [0.29, 0.717) is 18.7 Å². The van der Waals surface area contributed by atoms with E-state index < -0.39 is 17.8 Å². The Balaban J connectivity index is 2.03. The molecule has 6 heteroatoms. The SMILES string of the molecule is CC1CCCN(CC(N)c2ccc(C(F)(F)F)cc2)C1=O. The molecule has 1 saturated heterocycles. The standard InChI is InChI=1S/C15H19F3N2O/c1-10-3-2-8-20(14(10)21)9-13(19)11-4-6-12(7-5-11)15(16,17)18/h4-7,10,13H,2-3,8-9,19H2,1H3. The maximum absolute atomic E-state index is 12.5. The zero-order chi connectivity index (χ0) is 15.6. The highest BCUT2D eigenvalue weighted by atomic mass is 19.4. The minimum Gasteiger partial charge on any atom is -0.341 e. The van der Waals surface area contributed by atoms with Gasteiger partial charge in [0.05, 0.1) is 5.56 Å². The van der Waals surface area contributed by atoms with E-state index >= 15 is 0 Å². The third kappa shape index (κ3) is 3.75. The number of likely N-dealkylation sites (tertiary alicyclic amines) is 1. The molecule has 0 radical (unpaired) electrons. The summed E-state index contributed by atoms with van der Waals surface area (Å²) in [6, 6.07) is 4.34. The Morgan fingerprint density at radius 3 is 2.52 bits per heavy atom. The molecular weight excluding hydrogens is 281 g/mol. The molecule has 0 aliphatic carbocycles. The molecule has 0 aromatic heterocycles. The maximum Gasteiger partial charge on any atom is 0.416 e. The third-order valence-corrected chi connectivity index (χ3v) is 3.88. The molecule has 0 spiro atoms. The first-order chi connectivity index (χ1) is 9.79. The van der Waals surface area contributed by atoms with Crippen molar-refractivity contribution in [1.29, 1.82) is 0 Å². The molecule has 2 rings (SSSR count). The van der Waals surface area contributed by atoms with Crippen LogP contribution in [0.1, 0.15) is 36.9 Å². The second-order valence-electron chi connectivity index (χ2n) is 5.55. The van der Waals surface area contributed by atoms with E-state index in [4.69, 9.17) is 5.73 Å². The first kappa shape index (κ1) is 15.8. The summed E-state index contributed by atoms with van der Waals surface area (Å²) in [6.07, 6.45) is -2.53. The Morgan fingerprint density at radius 1 is 1.33 bits per heavy atom. The lowest BCUT2D eigenvalue weighted by Crippen LogP contribution is -2.43. The average molecular weight is 300 g/mol. The fraction of sp³-hybridized carbons (Fsp3) is 0.533. The van der Waals surface area contributed by atoms with Crippen molar-refractivity contribution in [2.75, 3.05) is 13.1 Å². The highest BCUT2D eigenvalue weighted by Crippen LogP contribution is 2.30. The zero-order valence-corrected chi connectivity index (χ0v) is 11.9. The van der Waals surface area contributed by atoms with E-state index in [2.05, 4.69) is 0 Å². The zero-order valence-electron chi connectivity index (χ0n) is 11.9. The van der Waals surface area contributed by atoms with Crippen LogP contribution in [-0.4, -0.2) is 23.9 Å². The molecule has 2 unspecified atom stereocenters. The molecule has 0 bridgehead atoms. The van der Waals surface area contributed by atoms with Crippen LogP contribution in [0.4, 0.5) is 13.2 Å². The second kappa shape index (κ2) is 6.05. The quantitative estimate of drug-likeness (QED) is 0.933. The van der Waals surface area contributed by atoms with Gasteiger partial charge in [-0.25, -0.2) is 0 Å². The Bertz CT molecular complexity index is 499. The summed E-state index contributed by atoms with van der Waals surface area (Å²) in [6.45, 7) is 2.89. The molecule has 0 saturated carbocycles. The van der Waals surface area contributed by atoms with E-state index in [1.807, 2.05) is 6.92 Å². The van der Waals surface area contributed by atoms with E-state index in [9.17, 15) is 18.0 Å². The highest BCUT2D eigenvalue weighted by Gasteiger charge is 2.30. The van der Waals surface area contributed by atoms with Gasteiger partial charge in [-0.2, -0.15) is 13.2 Å². The molecule has 1 aliphatic heterocycles. The number of nitrogens with zero attached hydrogens (tertiary/aromatic N) is 1. The number of alkyl halides is 3. The van der Waals surface area contributed by atoms with Gasteiger partial charge in [-0.3, -0.25) is 4.79 Å². The second-order valence-corrected chi connectivity index (χ2v) is 5.55. The van der Waals surface area contributed by atoms with Crippen molar-refractivity contribution in [3.63, 3.8) is 0 Å². The summed E-state index contributed by atoms with van der Waals surface area (Å²) >= 11 is 0. The Labute approximate surface area is 121 Å². The fourth-order valence-corrected chi connectivity index (χ4v) is 2.58. The van der Waals surface area contributed by atoms with Crippen molar-refractivity contribution in [3.8, 4) is 0 Å². The smallest absolute Gasteiger partial charge is 0.341 e. The van der Waals surface area contributed by atoms with Gasteiger partial charge >= 0.3 is 6.18 Å². The van der Waals surface area contributed by atoms with E-state index in [1.54, 1.807) is 4.90 Å². The van der Waals surface area contributed by atoms with Gasteiger partial charge in [0.2, 0.25) is 5.91 Å². The minimum absolute atomic E-state index is 0.00134. The van der Waals surface area contributed by atoms with E-state index in [0.717, 1.165) is 25.0 Å². The van der Waals surface area contributed by atoms with Crippen molar-refractivity contribution in [1.82, 2.24) is 4.90 Å². The first-order valence-electron chi connectivity index (χ1n) is 7.00. The van der Waals surface area contributed by atoms with Gasteiger partial charge in [-0.15, -0.1) is 0 Å². The van der Waals surface area contributed by atoms with Crippen molar-refractivity contribution in [3.05, 3.63) is 35.4 Å². The van der Waals surface area contributed by atoms with Crippen LogP contribution in [-0.2, 0) is 11.0 Å². The molecule has 1 aromatic carbocycles. The molecule has 21 heavy (non-hydrogen) atoms. The molecule has 1 fully saturated rings. The molecule has 2 atom stereocenters. The van der Waals surface area contributed by atoms with Crippen LogP contribution in [0.15, 0.2) is 24.3 Å². The molecule has 1 amide bonds. The van der Waals surface area contributed by atoms with Crippen molar-refractivity contribution in [2.45, 2.75) is 32.0 Å². The van der Waals surface area contributed by atoms with Gasteiger partial charge in [0.15, 0.2) is 0 Å². The molecule has 2 N–H and O–H groups in total.